The minimum atomic E-state index is -0.265. The second-order valence-electron chi connectivity index (χ2n) is 7.71. The number of aromatic nitrogens is 3. The maximum absolute atomic E-state index is 12.2. The van der Waals surface area contributed by atoms with E-state index >= 15 is 0 Å². The van der Waals surface area contributed by atoms with E-state index in [1.54, 1.807) is 29.8 Å². The standard InChI is InChI=1S/C23H25BrClN5O3S/c1-14(2)15-4-7-17(8-5-15)33-12-21(31)26-11-20-28-29-23(30(20)3)34-13-22(32)27-16-6-9-19(25)18(24)10-16/h4-10,14H,11-13H2,1-3H3,(H,26,31)(H,27,32). The van der Waals surface area contributed by atoms with Crippen LogP contribution in [0.3, 0.4) is 0 Å². The molecule has 180 valence electrons. The molecule has 0 aliphatic carbocycles. The Kier molecular flexibility index (Phi) is 9.37. The van der Waals surface area contributed by atoms with Crippen LogP contribution in [0.25, 0.3) is 0 Å². The van der Waals surface area contributed by atoms with E-state index in [2.05, 4.69) is 50.6 Å². The summed E-state index contributed by atoms with van der Waals surface area (Å²) in [6.45, 7) is 4.34. The van der Waals surface area contributed by atoms with E-state index in [0.29, 0.717) is 37.8 Å². The van der Waals surface area contributed by atoms with Crippen molar-refractivity contribution in [3.05, 3.63) is 63.3 Å². The van der Waals surface area contributed by atoms with Gasteiger partial charge in [-0.05, 0) is 57.7 Å². The third kappa shape index (κ3) is 7.48. The zero-order valence-corrected chi connectivity index (χ0v) is 22.1. The number of ether oxygens (including phenoxy) is 1. The Morgan fingerprint density at radius 1 is 1.15 bits per heavy atom. The summed E-state index contributed by atoms with van der Waals surface area (Å²) < 4.78 is 7.98. The lowest BCUT2D eigenvalue weighted by Gasteiger charge is -2.09. The van der Waals surface area contributed by atoms with Gasteiger partial charge in [-0.15, -0.1) is 10.2 Å². The molecular formula is C23H25BrClN5O3S. The number of anilines is 1. The first-order valence-corrected chi connectivity index (χ1v) is 12.6. The minimum Gasteiger partial charge on any atom is -0.484 e. The Morgan fingerprint density at radius 3 is 2.56 bits per heavy atom. The van der Waals surface area contributed by atoms with Crippen LogP contribution in [0, 0.1) is 0 Å². The van der Waals surface area contributed by atoms with E-state index in [1.807, 2.05) is 24.3 Å². The number of thioether (sulfide) groups is 1. The van der Waals surface area contributed by atoms with Gasteiger partial charge in [0.15, 0.2) is 17.6 Å². The normalized spacial score (nSPS) is 10.9. The number of halogens is 2. The topological polar surface area (TPSA) is 98.1 Å². The van der Waals surface area contributed by atoms with Gasteiger partial charge < -0.3 is 19.9 Å². The molecule has 0 radical (unpaired) electrons. The van der Waals surface area contributed by atoms with Gasteiger partial charge in [0.05, 0.1) is 17.3 Å². The maximum Gasteiger partial charge on any atom is 0.258 e. The summed E-state index contributed by atoms with van der Waals surface area (Å²) in [4.78, 5) is 24.4. The zero-order chi connectivity index (χ0) is 24.7. The Hall–Kier alpha value is -2.56. The number of amides is 2. The van der Waals surface area contributed by atoms with Crippen molar-refractivity contribution in [2.45, 2.75) is 31.5 Å². The lowest BCUT2D eigenvalue weighted by atomic mass is 10.0. The molecule has 34 heavy (non-hydrogen) atoms. The SMILES string of the molecule is CC(C)c1ccc(OCC(=O)NCc2nnc(SCC(=O)Nc3ccc(Cl)c(Br)c3)n2C)cc1. The zero-order valence-electron chi connectivity index (χ0n) is 19.0. The van der Waals surface area contributed by atoms with Crippen molar-refractivity contribution in [1.82, 2.24) is 20.1 Å². The van der Waals surface area contributed by atoms with Gasteiger partial charge in [0.1, 0.15) is 5.75 Å². The van der Waals surface area contributed by atoms with Crippen LogP contribution in [-0.2, 0) is 23.2 Å². The predicted molar refractivity (Wildman–Crippen MR) is 137 cm³/mol. The summed E-state index contributed by atoms with van der Waals surface area (Å²) in [5.41, 5.74) is 1.85. The number of benzene rings is 2. The van der Waals surface area contributed by atoms with Crippen LogP contribution in [0.2, 0.25) is 5.02 Å². The van der Waals surface area contributed by atoms with Crippen LogP contribution in [0.15, 0.2) is 52.1 Å². The van der Waals surface area contributed by atoms with Crippen LogP contribution < -0.4 is 15.4 Å². The van der Waals surface area contributed by atoms with Crippen molar-refractivity contribution in [2.24, 2.45) is 7.05 Å². The van der Waals surface area contributed by atoms with Gasteiger partial charge in [0, 0.05) is 17.2 Å². The average Bonchev–Trinajstić information content (AvgIpc) is 3.16. The van der Waals surface area contributed by atoms with Crippen LogP contribution in [0.1, 0.15) is 31.2 Å². The molecule has 1 heterocycles. The number of nitrogens with zero attached hydrogens (tertiary/aromatic N) is 3. The number of carbonyl (C=O) groups excluding carboxylic acids is 2. The fraction of sp³-hybridized carbons (Fsp3) is 0.304. The predicted octanol–water partition coefficient (Wildman–Crippen LogP) is 4.78. The molecule has 1 aromatic heterocycles. The highest BCUT2D eigenvalue weighted by molar-refractivity contribution is 9.10. The highest BCUT2D eigenvalue weighted by Gasteiger charge is 2.13. The molecule has 2 aromatic carbocycles. The van der Waals surface area contributed by atoms with E-state index in [0.717, 1.165) is 0 Å². The lowest BCUT2D eigenvalue weighted by molar-refractivity contribution is -0.123. The molecule has 0 saturated carbocycles. The van der Waals surface area contributed by atoms with E-state index < -0.39 is 0 Å². The number of nitrogens with one attached hydrogen (secondary N) is 2. The van der Waals surface area contributed by atoms with Crippen LogP contribution in [-0.4, -0.2) is 38.9 Å². The minimum absolute atomic E-state index is 0.0958. The molecule has 0 spiro atoms. The summed E-state index contributed by atoms with van der Waals surface area (Å²) in [7, 11) is 1.78. The number of hydrogen-bond acceptors (Lipinski definition) is 6. The highest BCUT2D eigenvalue weighted by atomic mass is 79.9. The maximum atomic E-state index is 12.2. The second-order valence-corrected chi connectivity index (χ2v) is 9.92. The molecule has 3 rings (SSSR count). The molecule has 11 heteroatoms. The number of carbonyl (C=O) groups is 2. The molecule has 0 aliphatic rings. The Balaban J connectivity index is 1.43. The summed E-state index contributed by atoms with van der Waals surface area (Å²) in [5, 5.41) is 14.9. The van der Waals surface area contributed by atoms with Gasteiger partial charge in [-0.2, -0.15) is 0 Å². The van der Waals surface area contributed by atoms with Crippen LogP contribution in [0.5, 0.6) is 5.75 Å². The third-order valence-electron chi connectivity index (χ3n) is 4.82. The first-order valence-electron chi connectivity index (χ1n) is 10.5. The van der Waals surface area contributed by atoms with E-state index in [9.17, 15) is 9.59 Å². The fourth-order valence-electron chi connectivity index (χ4n) is 2.85. The van der Waals surface area contributed by atoms with Crippen molar-refractivity contribution < 1.29 is 14.3 Å². The molecule has 2 N–H and O–H groups in total. The largest absolute Gasteiger partial charge is 0.484 e. The third-order valence-corrected chi connectivity index (χ3v) is 7.06. The van der Waals surface area contributed by atoms with E-state index in [1.165, 1.54) is 17.3 Å². The Bertz CT molecular complexity index is 1150. The van der Waals surface area contributed by atoms with Gasteiger partial charge in [-0.3, -0.25) is 9.59 Å². The van der Waals surface area contributed by atoms with E-state index in [-0.39, 0.29) is 30.7 Å². The first kappa shape index (κ1) is 26.1. The summed E-state index contributed by atoms with van der Waals surface area (Å²) in [6, 6.07) is 12.9. The Morgan fingerprint density at radius 2 is 1.88 bits per heavy atom. The van der Waals surface area contributed by atoms with Gasteiger partial charge in [-0.25, -0.2) is 0 Å². The summed E-state index contributed by atoms with van der Waals surface area (Å²) in [5.74, 6) is 1.35. The number of rotatable bonds is 10. The van der Waals surface area contributed by atoms with Gasteiger partial charge in [0.25, 0.3) is 5.91 Å². The van der Waals surface area contributed by atoms with Crippen molar-refractivity contribution in [3.63, 3.8) is 0 Å². The lowest BCUT2D eigenvalue weighted by Crippen LogP contribution is -2.29. The fourth-order valence-corrected chi connectivity index (χ4v) is 4.08. The van der Waals surface area contributed by atoms with Crippen molar-refractivity contribution in [1.29, 1.82) is 0 Å². The monoisotopic (exact) mass is 565 g/mol. The highest BCUT2D eigenvalue weighted by Crippen LogP contribution is 2.26. The average molecular weight is 567 g/mol. The molecule has 3 aromatic rings. The molecule has 0 fully saturated rings. The summed E-state index contributed by atoms with van der Waals surface area (Å²) >= 11 is 10.5. The quantitative estimate of drug-likeness (QED) is 0.343. The molecule has 0 unspecified atom stereocenters. The smallest absolute Gasteiger partial charge is 0.258 e. The van der Waals surface area contributed by atoms with Gasteiger partial charge in [0.2, 0.25) is 5.91 Å². The van der Waals surface area contributed by atoms with Crippen molar-refractivity contribution in [2.75, 3.05) is 17.7 Å². The van der Waals surface area contributed by atoms with Crippen molar-refractivity contribution >= 4 is 56.8 Å². The summed E-state index contributed by atoms with van der Waals surface area (Å²) in [6.07, 6.45) is 0. The Labute approximate surface area is 215 Å². The van der Waals surface area contributed by atoms with Gasteiger partial charge >= 0.3 is 0 Å². The molecule has 0 bridgehead atoms. The molecule has 0 saturated heterocycles. The van der Waals surface area contributed by atoms with Gasteiger partial charge in [-0.1, -0.05) is 49.3 Å². The second kappa shape index (κ2) is 12.2. The molecular weight excluding hydrogens is 542 g/mol. The molecule has 0 atom stereocenters. The van der Waals surface area contributed by atoms with Crippen molar-refractivity contribution in [3.8, 4) is 5.75 Å². The van der Waals surface area contributed by atoms with Crippen LogP contribution >= 0.6 is 39.3 Å². The molecule has 0 aliphatic heterocycles. The molecule has 8 nitrogen and oxygen atoms in total. The first-order chi connectivity index (χ1) is 16.2. The number of hydrogen-bond donors (Lipinski definition) is 2. The van der Waals surface area contributed by atoms with Crippen LogP contribution in [0.4, 0.5) is 5.69 Å². The van der Waals surface area contributed by atoms with E-state index in [4.69, 9.17) is 16.3 Å². The molecule has 2 amide bonds.